The summed E-state index contributed by atoms with van der Waals surface area (Å²) in [5.41, 5.74) is 4.27. The normalized spacial score (nSPS) is 18.3. The maximum absolute atomic E-state index is 12.0. The van der Waals surface area contributed by atoms with E-state index in [-0.39, 0.29) is 11.5 Å². The van der Waals surface area contributed by atoms with Gasteiger partial charge in [0.1, 0.15) is 0 Å². The van der Waals surface area contributed by atoms with E-state index in [2.05, 4.69) is 45.2 Å². The second-order valence-electron chi connectivity index (χ2n) is 7.33. The smallest absolute Gasteiger partial charge is 0.251 e. The molecule has 1 aromatic heterocycles. The van der Waals surface area contributed by atoms with Crippen molar-refractivity contribution >= 4 is 26.8 Å². The number of nitrogens with zero attached hydrogens (tertiary/aromatic N) is 1. The lowest BCUT2D eigenvalue weighted by Crippen LogP contribution is -2.27. The molecule has 1 heterocycles. The molecule has 3 aromatic rings. The van der Waals surface area contributed by atoms with Crippen LogP contribution in [0.15, 0.2) is 51.7 Å². The van der Waals surface area contributed by atoms with Crippen LogP contribution in [0.25, 0.3) is 10.9 Å². The monoisotopic (exact) mass is 406 g/mol. The summed E-state index contributed by atoms with van der Waals surface area (Å²) in [5.74, 6) is 0.134. The Balaban J connectivity index is 1.86. The lowest BCUT2D eigenvalue weighted by Gasteiger charge is -2.30. The number of rotatable bonds is 2. The van der Waals surface area contributed by atoms with Gasteiger partial charge in [-0.3, -0.25) is 4.79 Å². The highest BCUT2D eigenvalue weighted by molar-refractivity contribution is 9.10. The zero-order chi connectivity index (χ0) is 18.5. The average molecular weight is 407 g/mol. The summed E-state index contributed by atoms with van der Waals surface area (Å²) < 4.78 is 1.04. The zero-order valence-corrected chi connectivity index (χ0v) is 16.4. The number of nitrogens with one attached hydrogen (secondary N) is 1. The molecule has 4 heteroatoms. The first-order valence-corrected chi connectivity index (χ1v) is 9.55. The Morgan fingerprint density at radius 1 is 1.23 bits per heavy atom. The van der Waals surface area contributed by atoms with Crippen LogP contribution < -0.4 is 5.56 Å². The zero-order valence-electron chi connectivity index (χ0n) is 14.8. The molecule has 0 spiro atoms. The van der Waals surface area contributed by atoms with Gasteiger partial charge in [-0.2, -0.15) is 5.26 Å². The third-order valence-corrected chi connectivity index (χ3v) is 6.24. The lowest BCUT2D eigenvalue weighted by atomic mass is 9.70. The molecular weight excluding hydrogens is 388 g/mol. The molecule has 2 unspecified atom stereocenters. The van der Waals surface area contributed by atoms with Gasteiger partial charge in [0.2, 0.25) is 0 Å². The molecule has 4 rings (SSSR count). The fourth-order valence-electron chi connectivity index (χ4n) is 4.15. The highest BCUT2D eigenvalue weighted by Crippen LogP contribution is 2.47. The molecule has 0 bridgehead atoms. The van der Waals surface area contributed by atoms with Crippen molar-refractivity contribution in [1.29, 1.82) is 5.26 Å². The predicted molar refractivity (Wildman–Crippen MR) is 107 cm³/mol. The minimum absolute atomic E-state index is 0.0801. The van der Waals surface area contributed by atoms with E-state index >= 15 is 0 Å². The van der Waals surface area contributed by atoms with Crippen LogP contribution in [0.1, 0.15) is 41.5 Å². The SMILES string of the molecule is Cc1cc2ccc(C(C)(C#N)C3CCc4ccc(Br)cc43)cc2[nH]c1=O. The molecule has 2 aromatic carbocycles. The van der Waals surface area contributed by atoms with E-state index in [1.54, 1.807) is 6.92 Å². The van der Waals surface area contributed by atoms with Crippen LogP contribution in [0.4, 0.5) is 0 Å². The quantitative estimate of drug-likeness (QED) is 0.642. The minimum atomic E-state index is -0.651. The Hall–Kier alpha value is -2.38. The minimum Gasteiger partial charge on any atom is -0.322 e. The van der Waals surface area contributed by atoms with E-state index in [1.807, 2.05) is 31.2 Å². The third kappa shape index (κ3) is 2.59. The third-order valence-electron chi connectivity index (χ3n) is 5.75. The maximum atomic E-state index is 12.0. The Morgan fingerprint density at radius 3 is 2.81 bits per heavy atom. The number of pyridine rings is 1. The molecule has 0 saturated heterocycles. The summed E-state index contributed by atoms with van der Waals surface area (Å²) in [6, 6.07) is 16.8. The standard InChI is InChI=1S/C22H19BrN2O/c1-13-9-15-3-6-16(10-20(15)25-21(13)26)22(2,12-24)19-8-5-14-4-7-17(23)11-18(14)19/h3-4,6-7,9-11,19H,5,8H2,1-2H3,(H,25,26). The molecule has 0 radical (unpaired) electrons. The number of aromatic amines is 1. The van der Waals surface area contributed by atoms with Gasteiger partial charge in [0.15, 0.2) is 0 Å². The number of aromatic nitrogens is 1. The Labute approximate surface area is 160 Å². The number of halogens is 1. The van der Waals surface area contributed by atoms with Crippen LogP contribution in [-0.4, -0.2) is 4.98 Å². The van der Waals surface area contributed by atoms with E-state index in [9.17, 15) is 10.1 Å². The fraction of sp³-hybridized carbons (Fsp3) is 0.273. The first-order valence-electron chi connectivity index (χ1n) is 8.76. The molecule has 0 amide bonds. The van der Waals surface area contributed by atoms with Gasteiger partial charge in [0, 0.05) is 21.5 Å². The molecule has 1 N–H and O–H groups in total. The summed E-state index contributed by atoms with van der Waals surface area (Å²) in [4.78, 5) is 14.9. The van der Waals surface area contributed by atoms with Gasteiger partial charge in [0.25, 0.3) is 5.56 Å². The van der Waals surface area contributed by atoms with Crippen LogP contribution in [0, 0.1) is 18.3 Å². The molecule has 1 aliphatic carbocycles. The van der Waals surface area contributed by atoms with Crippen LogP contribution in [0.5, 0.6) is 0 Å². The van der Waals surface area contributed by atoms with E-state index in [1.165, 1.54) is 11.1 Å². The maximum Gasteiger partial charge on any atom is 0.251 e. The largest absolute Gasteiger partial charge is 0.322 e. The number of fused-ring (bicyclic) bond motifs is 2. The summed E-state index contributed by atoms with van der Waals surface area (Å²) in [5, 5.41) is 11.1. The van der Waals surface area contributed by atoms with Gasteiger partial charge in [0.05, 0.1) is 11.5 Å². The fourth-order valence-corrected chi connectivity index (χ4v) is 4.53. The van der Waals surface area contributed by atoms with Crippen LogP contribution >= 0.6 is 15.9 Å². The van der Waals surface area contributed by atoms with E-state index in [4.69, 9.17) is 0 Å². The van der Waals surface area contributed by atoms with Crippen molar-refractivity contribution in [3.63, 3.8) is 0 Å². The highest BCUT2D eigenvalue weighted by atomic mass is 79.9. The van der Waals surface area contributed by atoms with Crippen molar-refractivity contribution in [2.24, 2.45) is 0 Å². The molecule has 2 atom stereocenters. The Kier molecular flexibility index (Phi) is 4.00. The Morgan fingerprint density at radius 2 is 2.04 bits per heavy atom. The molecule has 0 fully saturated rings. The van der Waals surface area contributed by atoms with Crippen molar-refractivity contribution < 1.29 is 0 Å². The van der Waals surface area contributed by atoms with Gasteiger partial charge >= 0.3 is 0 Å². The first kappa shape index (κ1) is 17.1. The number of aryl methyl sites for hydroxylation is 2. The number of nitriles is 1. The molecule has 130 valence electrons. The van der Waals surface area contributed by atoms with Gasteiger partial charge in [-0.15, -0.1) is 0 Å². The van der Waals surface area contributed by atoms with Crippen LogP contribution in [0.2, 0.25) is 0 Å². The second-order valence-corrected chi connectivity index (χ2v) is 8.25. The van der Waals surface area contributed by atoms with Crippen molar-refractivity contribution in [2.45, 2.75) is 38.0 Å². The predicted octanol–water partition coefficient (Wildman–Crippen LogP) is 5.11. The second kappa shape index (κ2) is 6.10. The number of H-pyrrole nitrogens is 1. The molecule has 0 saturated carbocycles. The van der Waals surface area contributed by atoms with Crippen LogP contribution in [0.3, 0.4) is 0 Å². The van der Waals surface area contributed by atoms with Gasteiger partial charge < -0.3 is 4.98 Å². The van der Waals surface area contributed by atoms with Crippen LogP contribution in [-0.2, 0) is 11.8 Å². The topological polar surface area (TPSA) is 56.6 Å². The molecular formula is C22H19BrN2O. The lowest BCUT2D eigenvalue weighted by molar-refractivity contribution is 0.469. The summed E-state index contributed by atoms with van der Waals surface area (Å²) in [7, 11) is 0. The summed E-state index contributed by atoms with van der Waals surface area (Å²) >= 11 is 3.56. The number of hydrogen-bond acceptors (Lipinski definition) is 2. The molecule has 0 aliphatic heterocycles. The van der Waals surface area contributed by atoms with Gasteiger partial charge in [-0.1, -0.05) is 34.1 Å². The average Bonchev–Trinajstić information content (AvgIpc) is 3.05. The van der Waals surface area contributed by atoms with E-state index in [0.717, 1.165) is 33.8 Å². The molecule has 3 nitrogen and oxygen atoms in total. The summed E-state index contributed by atoms with van der Waals surface area (Å²) in [6.45, 7) is 3.82. The summed E-state index contributed by atoms with van der Waals surface area (Å²) in [6.07, 6.45) is 1.95. The van der Waals surface area contributed by atoms with E-state index in [0.29, 0.717) is 5.56 Å². The van der Waals surface area contributed by atoms with Crippen molar-refractivity contribution in [3.8, 4) is 6.07 Å². The van der Waals surface area contributed by atoms with Crippen molar-refractivity contribution in [1.82, 2.24) is 4.98 Å². The van der Waals surface area contributed by atoms with Gasteiger partial charge in [-0.25, -0.2) is 0 Å². The van der Waals surface area contributed by atoms with Gasteiger partial charge in [-0.05, 0) is 73.0 Å². The Bertz CT molecular complexity index is 1130. The molecule has 1 aliphatic rings. The van der Waals surface area contributed by atoms with E-state index < -0.39 is 5.41 Å². The first-order chi connectivity index (χ1) is 12.4. The number of hydrogen-bond donors (Lipinski definition) is 1. The van der Waals surface area contributed by atoms with Crippen molar-refractivity contribution in [2.75, 3.05) is 0 Å². The van der Waals surface area contributed by atoms with Crippen molar-refractivity contribution in [3.05, 3.63) is 79.5 Å². The molecule has 26 heavy (non-hydrogen) atoms. The highest BCUT2D eigenvalue weighted by Gasteiger charge is 2.41. The number of benzene rings is 2.